The van der Waals surface area contributed by atoms with Crippen molar-refractivity contribution in [3.05, 3.63) is 0 Å². The van der Waals surface area contributed by atoms with Crippen LogP contribution in [0.1, 0.15) is 13.3 Å². The van der Waals surface area contributed by atoms with E-state index in [0.717, 1.165) is 12.7 Å². The highest BCUT2D eigenvalue weighted by Gasteiger charge is 1.97. The zero-order valence-corrected chi connectivity index (χ0v) is 4.26. The molecule has 0 aromatic rings. The van der Waals surface area contributed by atoms with E-state index in [-0.39, 0.29) is 6.04 Å². The Morgan fingerprint density at radius 2 is 2.57 bits per heavy atom. The second-order valence-electron chi connectivity index (χ2n) is 1.30. The SMILES string of the molecule is CCC(N)C=[O+][O-]. The highest BCUT2D eigenvalue weighted by molar-refractivity contribution is 5.56. The molecular formula is C4H9NO2. The van der Waals surface area contributed by atoms with Crippen LogP contribution in [-0.2, 0) is 4.58 Å². The first-order valence-electron chi connectivity index (χ1n) is 2.18. The van der Waals surface area contributed by atoms with Crippen molar-refractivity contribution in [1.82, 2.24) is 0 Å². The van der Waals surface area contributed by atoms with Gasteiger partial charge in [0.2, 0.25) is 0 Å². The van der Waals surface area contributed by atoms with Crippen LogP contribution in [0.15, 0.2) is 0 Å². The van der Waals surface area contributed by atoms with E-state index in [1.807, 2.05) is 6.92 Å². The molecule has 0 aliphatic heterocycles. The molecule has 1 unspecified atom stereocenters. The highest BCUT2D eigenvalue weighted by Crippen LogP contribution is 1.76. The van der Waals surface area contributed by atoms with Crippen LogP contribution in [0.3, 0.4) is 0 Å². The molecule has 2 N–H and O–H groups in total. The molecule has 0 aromatic carbocycles. The van der Waals surface area contributed by atoms with Gasteiger partial charge in [-0.3, -0.25) is 0 Å². The summed E-state index contributed by atoms with van der Waals surface area (Å²) in [5.41, 5.74) is 5.20. The van der Waals surface area contributed by atoms with E-state index in [9.17, 15) is 5.26 Å². The van der Waals surface area contributed by atoms with Crippen molar-refractivity contribution in [1.29, 1.82) is 0 Å². The standard InChI is InChI=1S/C4H9NO2/c1-2-4(5)3-7-6/h3-4H,2,5H2,1H3. The summed E-state index contributed by atoms with van der Waals surface area (Å²) >= 11 is 0. The van der Waals surface area contributed by atoms with Crippen molar-refractivity contribution >= 4 is 6.29 Å². The van der Waals surface area contributed by atoms with Gasteiger partial charge >= 0.3 is 6.29 Å². The normalized spacial score (nSPS) is 15.1. The van der Waals surface area contributed by atoms with Crippen LogP contribution in [0.25, 0.3) is 0 Å². The molecule has 0 amide bonds. The summed E-state index contributed by atoms with van der Waals surface area (Å²) in [6.07, 6.45) is 1.81. The van der Waals surface area contributed by atoms with Crippen molar-refractivity contribution in [3.63, 3.8) is 0 Å². The van der Waals surface area contributed by atoms with Crippen LogP contribution in [0.5, 0.6) is 0 Å². The smallest absolute Gasteiger partial charge is 0.334 e. The van der Waals surface area contributed by atoms with E-state index in [1.165, 1.54) is 0 Å². The van der Waals surface area contributed by atoms with E-state index in [2.05, 4.69) is 4.58 Å². The van der Waals surface area contributed by atoms with Crippen molar-refractivity contribution in [2.24, 2.45) is 5.73 Å². The summed E-state index contributed by atoms with van der Waals surface area (Å²) in [5, 5.41) is 9.26. The molecule has 0 bridgehead atoms. The molecular weight excluding hydrogens is 94.0 g/mol. The van der Waals surface area contributed by atoms with Gasteiger partial charge in [0.25, 0.3) is 0 Å². The van der Waals surface area contributed by atoms with Gasteiger partial charge in [-0.25, -0.2) is 0 Å². The monoisotopic (exact) mass is 103 g/mol. The van der Waals surface area contributed by atoms with Crippen molar-refractivity contribution in [3.8, 4) is 0 Å². The molecule has 0 saturated carbocycles. The van der Waals surface area contributed by atoms with Crippen LogP contribution < -0.4 is 11.0 Å². The Hall–Kier alpha value is -0.570. The Morgan fingerprint density at radius 1 is 2.00 bits per heavy atom. The fourth-order valence-electron chi connectivity index (χ4n) is 0.168. The molecule has 0 fully saturated rings. The summed E-state index contributed by atoms with van der Waals surface area (Å²) in [5.74, 6) is 0. The molecule has 0 aromatic heterocycles. The van der Waals surface area contributed by atoms with Crippen LogP contribution in [0.4, 0.5) is 0 Å². The van der Waals surface area contributed by atoms with Crippen LogP contribution >= 0.6 is 0 Å². The summed E-state index contributed by atoms with van der Waals surface area (Å²) in [6.45, 7) is 1.88. The first kappa shape index (κ1) is 6.43. The molecule has 3 nitrogen and oxygen atoms in total. The predicted octanol–water partition coefficient (Wildman–Crippen LogP) is -1.27. The zero-order chi connectivity index (χ0) is 5.70. The van der Waals surface area contributed by atoms with Gasteiger partial charge in [0.1, 0.15) is 6.04 Å². The minimum absolute atomic E-state index is 0.211. The molecule has 7 heavy (non-hydrogen) atoms. The third-order valence-corrected chi connectivity index (χ3v) is 0.702. The van der Waals surface area contributed by atoms with E-state index in [1.54, 1.807) is 0 Å². The van der Waals surface area contributed by atoms with E-state index in [0.29, 0.717) is 0 Å². The van der Waals surface area contributed by atoms with Crippen LogP contribution in [-0.4, -0.2) is 12.3 Å². The maximum Gasteiger partial charge on any atom is 0.334 e. The number of hydrogen-bond donors (Lipinski definition) is 1. The quantitative estimate of drug-likeness (QED) is 0.205. The first-order valence-corrected chi connectivity index (χ1v) is 2.18. The number of rotatable bonds is 2. The maximum atomic E-state index is 9.26. The fraction of sp³-hybridized carbons (Fsp3) is 0.750. The number of nitrogens with two attached hydrogens (primary N) is 1. The van der Waals surface area contributed by atoms with Gasteiger partial charge in [-0.15, -0.1) is 0 Å². The van der Waals surface area contributed by atoms with Gasteiger partial charge in [-0.05, 0) is 6.42 Å². The van der Waals surface area contributed by atoms with E-state index in [4.69, 9.17) is 5.73 Å². The Kier molecular flexibility index (Phi) is 3.32. The van der Waals surface area contributed by atoms with Crippen LogP contribution in [0, 0.1) is 0 Å². The van der Waals surface area contributed by atoms with Crippen LogP contribution in [0.2, 0.25) is 0 Å². The molecule has 0 spiro atoms. The highest BCUT2D eigenvalue weighted by atomic mass is 17.1. The second kappa shape index (κ2) is 3.61. The number of aldehydes is 1. The van der Waals surface area contributed by atoms with Gasteiger partial charge in [-0.2, -0.15) is 4.58 Å². The molecule has 0 heterocycles. The number of carbonyl (C=O) groups excluding carboxylic acids is 1. The lowest BCUT2D eigenvalue weighted by Gasteiger charge is -1.88. The largest absolute Gasteiger partial charge is 0.463 e. The minimum atomic E-state index is -0.211. The third-order valence-electron chi connectivity index (χ3n) is 0.702. The van der Waals surface area contributed by atoms with Gasteiger partial charge in [0.05, 0.1) is 0 Å². The molecule has 42 valence electrons. The minimum Gasteiger partial charge on any atom is -0.463 e. The van der Waals surface area contributed by atoms with E-state index < -0.39 is 0 Å². The molecule has 1 atom stereocenters. The lowest BCUT2D eigenvalue weighted by molar-refractivity contribution is -1.04. The molecule has 0 aliphatic rings. The molecule has 0 aliphatic carbocycles. The van der Waals surface area contributed by atoms with Gasteiger partial charge < -0.3 is 11.0 Å². The van der Waals surface area contributed by atoms with Gasteiger partial charge in [0.15, 0.2) is 0 Å². The van der Waals surface area contributed by atoms with Gasteiger partial charge in [-0.1, -0.05) is 6.92 Å². The Bertz CT molecular complexity index is 62.7. The Labute approximate surface area is 42.4 Å². The third kappa shape index (κ3) is 3.26. The summed E-state index contributed by atoms with van der Waals surface area (Å²) in [6, 6.07) is -0.211. The molecule has 0 saturated heterocycles. The average molecular weight is 103 g/mol. The second-order valence-corrected chi connectivity index (χ2v) is 1.30. The Balaban J connectivity index is 3.16. The topological polar surface area (TPSA) is 60.4 Å². The van der Waals surface area contributed by atoms with E-state index >= 15 is 0 Å². The summed E-state index contributed by atoms with van der Waals surface area (Å²) < 4.78 is 3.39. The molecule has 0 radical (unpaired) electrons. The summed E-state index contributed by atoms with van der Waals surface area (Å²) in [4.78, 5) is 0. The average Bonchev–Trinajstić information content (AvgIpc) is 1.68. The first-order chi connectivity index (χ1) is 3.31. The van der Waals surface area contributed by atoms with Crippen molar-refractivity contribution in [2.45, 2.75) is 19.4 Å². The lowest BCUT2D eigenvalue weighted by atomic mass is 10.3. The zero-order valence-electron chi connectivity index (χ0n) is 4.26. The lowest BCUT2D eigenvalue weighted by Crippen LogP contribution is -2.22. The Morgan fingerprint density at radius 3 is 2.71 bits per heavy atom. The molecule has 0 rings (SSSR count). The number of hydrogen-bond acceptors (Lipinski definition) is 2. The van der Waals surface area contributed by atoms with Gasteiger partial charge in [0, 0.05) is 0 Å². The van der Waals surface area contributed by atoms with Crippen molar-refractivity contribution < 1.29 is 9.83 Å². The predicted molar refractivity (Wildman–Crippen MR) is 24.3 cm³/mol. The molecule has 3 heteroatoms. The maximum absolute atomic E-state index is 9.26. The van der Waals surface area contributed by atoms with Crippen molar-refractivity contribution in [2.75, 3.05) is 0 Å². The fourth-order valence-corrected chi connectivity index (χ4v) is 0.168. The summed E-state index contributed by atoms with van der Waals surface area (Å²) in [7, 11) is 0.